The van der Waals surface area contributed by atoms with Crippen LogP contribution in [-0.2, 0) is 0 Å². The SMILES string of the molecule is CCOc1cc(C)nc(NC2CCC(C)C2C)n1. The van der Waals surface area contributed by atoms with Gasteiger partial charge in [0.2, 0.25) is 11.8 Å². The van der Waals surface area contributed by atoms with Crippen molar-refractivity contribution >= 4 is 5.95 Å². The van der Waals surface area contributed by atoms with E-state index in [-0.39, 0.29) is 0 Å². The zero-order valence-corrected chi connectivity index (χ0v) is 11.7. The topological polar surface area (TPSA) is 47.0 Å². The number of nitrogens with zero attached hydrogens (tertiary/aromatic N) is 2. The lowest BCUT2D eigenvalue weighted by molar-refractivity contribution is 0.326. The first-order valence-electron chi connectivity index (χ1n) is 6.85. The van der Waals surface area contributed by atoms with Gasteiger partial charge in [0.1, 0.15) is 0 Å². The molecule has 100 valence electrons. The van der Waals surface area contributed by atoms with E-state index in [1.54, 1.807) is 0 Å². The Labute approximate surface area is 109 Å². The van der Waals surface area contributed by atoms with Crippen LogP contribution in [0.15, 0.2) is 6.07 Å². The first kappa shape index (κ1) is 13.1. The van der Waals surface area contributed by atoms with Gasteiger partial charge in [0.15, 0.2) is 0 Å². The van der Waals surface area contributed by atoms with Crippen molar-refractivity contribution in [1.29, 1.82) is 0 Å². The third-order valence-corrected chi connectivity index (χ3v) is 3.90. The molecule has 0 radical (unpaired) electrons. The van der Waals surface area contributed by atoms with Crippen molar-refractivity contribution in [3.05, 3.63) is 11.8 Å². The number of hydrogen-bond donors (Lipinski definition) is 1. The van der Waals surface area contributed by atoms with Crippen LogP contribution in [0.1, 0.15) is 39.3 Å². The Bertz CT molecular complexity index is 408. The molecule has 3 unspecified atom stereocenters. The molecule has 0 aliphatic heterocycles. The molecule has 0 bridgehead atoms. The first-order valence-corrected chi connectivity index (χ1v) is 6.85. The van der Waals surface area contributed by atoms with Crippen LogP contribution in [-0.4, -0.2) is 22.6 Å². The second kappa shape index (κ2) is 5.55. The monoisotopic (exact) mass is 249 g/mol. The summed E-state index contributed by atoms with van der Waals surface area (Å²) >= 11 is 0. The van der Waals surface area contributed by atoms with Crippen molar-refractivity contribution in [2.45, 2.75) is 46.6 Å². The Morgan fingerprint density at radius 1 is 1.33 bits per heavy atom. The smallest absolute Gasteiger partial charge is 0.226 e. The molecule has 1 heterocycles. The second-order valence-corrected chi connectivity index (χ2v) is 5.27. The molecule has 0 amide bonds. The van der Waals surface area contributed by atoms with Crippen molar-refractivity contribution in [2.75, 3.05) is 11.9 Å². The van der Waals surface area contributed by atoms with E-state index >= 15 is 0 Å². The highest BCUT2D eigenvalue weighted by Gasteiger charge is 2.30. The molecule has 0 spiro atoms. The number of hydrogen-bond acceptors (Lipinski definition) is 4. The van der Waals surface area contributed by atoms with Gasteiger partial charge in [-0.25, -0.2) is 4.98 Å². The molecule has 18 heavy (non-hydrogen) atoms. The maximum Gasteiger partial charge on any atom is 0.226 e. The van der Waals surface area contributed by atoms with E-state index in [0.29, 0.717) is 30.4 Å². The second-order valence-electron chi connectivity index (χ2n) is 5.27. The fourth-order valence-electron chi connectivity index (χ4n) is 2.56. The lowest BCUT2D eigenvalue weighted by Crippen LogP contribution is -2.25. The molecule has 1 saturated carbocycles. The summed E-state index contributed by atoms with van der Waals surface area (Å²) in [4.78, 5) is 8.84. The third-order valence-electron chi connectivity index (χ3n) is 3.90. The summed E-state index contributed by atoms with van der Waals surface area (Å²) in [6.45, 7) is 9.18. The maximum atomic E-state index is 5.45. The Hall–Kier alpha value is -1.32. The summed E-state index contributed by atoms with van der Waals surface area (Å²) in [6.07, 6.45) is 2.48. The van der Waals surface area contributed by atoms with Gasteiger partial charge in [-0.3, -0.25) is 0 Å². The summed E-state index contributed by atoms with van der Waals surface area (Å²) in [5, 5.41) is 3.46. The lowest BCUT2D eigenvalue weighted by atomic mass is 9.98. The minimum absolute atomic E-state index is 0.483. The van der Waals surface area contributed by atoms with Crippen LogP contribution < -0.4 is 10.1 Å². The van der Waals surface area contributed by atoms with Crippen LogP contribution in [0.3, 0.4) is 0 Å². The highest BCUT2D eigenvalue weighted by Crippen LogP contribution is 2.32. The van der Waals surface area contributed by atoms with Gasteiger partial charge in [-0.1, -0.05) is 13.8 Å². The average Bonchev–Trinajstić information content (AvgIpc) is 2.61. The van der Waals surface area contributed by atoms with Crippen molar-refractivity contribution in [2.24, 2.45) is 11.8 Å². The molecule has 1 fully saturated rings. The zero-order chi connectivity index (χ0) is 13.1. The van der Waals surface area contributed by atoms with Crippen LogP contribution >= 0.6 is 0 Å². The van der Waals surface area contributed by atoms with Crippen molar-refractivity contribution in [3.63, 3.8) is 0 Å². The molecule has 4 heteroatoms. The summed E-state index contributed by atoms with van der Waals surface area (Å²) in [7, 11) is 0. The number of anilines is 1. The van der Waals surface area contributed by atoms with Gasteiger partial charge in [0.05, 0.1) is 6.61 Å². The molecular formula is C14H23N3O. The van der Waals surface area contributed by atoms with Gasteiger partial charge >= 0.3 is 0 Å². The van der Waals surface area contributed by atoms with Gasteiger partial charge in [0.25, 0.3) is 0 Å². The lowest BCUT2D eigenvalue weighted by Gasteiger charge is -2.20. The van der Waals surface area contributed by atoms with Gasteiger partial charge < -0.3 is 10.1 Å². The molecule has 0 saturated heterocycles. The van der Waals surface area contributed by atoms with Crippen LogP contribution in [0.5, 0.6) is 5.88 Å². The van der Waals surface area contributed by atoms with Crippen LogP contribution in [0.4, 0.5) is 5.95 Å². The Morgan fingerprint density at radius 2 is 2.11 bits per heavy atom. The van der Waals surface area contributed by atoms with Crippen molar-refractivity contribution in [3.8, 4) is 5.88 Å². The summed E-state index contributed by atoms with van der Waals surface area (Å²) < 4.78 is 5.45. The van der Waals surface area contributed by atoms with Gasteiger partial charge in [-0.2, -0.15) is 4.98 Å². The van der Waals surface area contributed by atoms with E-state index in [2.05, 4.69) is 29.1 Å². The molecule has 1 aromatic heterocycles. The highest BCUT2D eigenvalue weighted by atomic mass is 16.5. The van der Waals surface area contributed by atoms with Crippen LogP contribution in [0, 0.1) is 18.8 Å². The molecule has 1 N–H and O–H groups in total. The van der Waals surface area contributed by atoms with E-state index in [1.807, 2.05) is 19.9 Å². The molecule has 1 aliphatic carbocycles. The molecule has 1 aromatic rings. The number of ether oxygens (including phenoxy) is 1. The Morgan fingerprint density at radius 3 is 2.72 bits per heavy atom. The van der Waals surface area contributed by atoms with E-state index in [1.165, 1.54) is 12.8 Å². The van der Waals surface area contributed by atoms with Crippen LogP contribution in [0.25, 0.3) is 0 Å². The van der Waals surface area contributed by atoms with Gasteiger partial charge in [-0.05, 0) is 38.5 Å². The Kier molecular flexibility index (Phi) is 4.04. The fourth-order valence-corrected chi connectivity index (χ4v) is 2.56. The number of rotatable bonds is 4. The molecule has 2 rings (SSSR count). The minimum atomic E-state index is 0.483. The zero-order valence-electron chi connectivity index (χ0n) is 11.7. The summed E-state index contributed by atoms with van der Waals surface area (Å²) in [6, 6.07) is 2.35. The number of aromatic nitrogens is 2. The number of aryl methyl sites for hydroxylation is 1. The van der Waals surface area contributed by atoms with Crippen LogP contribution in [0.2, 0.25) is 0 Å². The normalized spacial score (nSPS) is 27.2. The first-order chi connectivity index (χ1) is 8.60. The Balaban J connectivity index is 2.09. The third kappa shape index (κ3) is 2.92. The average molecular weight is 249 g/mol. The molecule has 4 nitrogen and oxygen atoms in total. The van der Waals surface area contributed by atoms with Crippen molar-refractivity contribution < 1.29 is 4.74 Å². The standard InChI is InChI=1S/C14H23N3O/c1-5-18-13-8-10(3)15-14(17-13)16-12-7-6-9(2)11(12)4/h8-9,11-12H,5-7H2,1-4H3,(H,15,16,17). The largest absolute Gasteiger partial charge is 0.478 e. The highest BCUT2D eigenvalue weighted by molar-refractivity contribution is 5.32. The predicted molar refractivity (Wildman–Crippen MR) is 72.9 cm³/mol. The van der Waals surface area contributed by atoms with Gasteiger partial charge in [-0.15, -0.1) is 0 Å². The summed E-state index contributed by atoms with van der Waals surface area (Å²) in [5.74, 6) is 2.80. The van der Waals surface area contributed by atoms with E-state index in [4.69, 9.17) is 4.74 Å². The van der Waals surface area contributed by atoms with E-state index < -0.39 is 0 Å². The molecule has 0 aromatic carbocycles. The molecule has 3 atom stereocenters. The van der Waals surface area contributed by atoms with E-state index in [9.17, 15) is 0 Å². The molecule has 1 aliphatic rings. The number of nitrogens with one attached hydrogen (secondary N) is 1. The van der Waals surface area contributed by atoms with E-state index in [0.717, 1.165) is 11.6 Å². The van der Waals surface area contributed by atoms with Gasteiger partial charge in [0, 0.05) is 17.8 Å². The van der Waals surface area contributed by atoms with Crippen molar-refractivity contribution in [1.82, 2.24) is 9.97 Å². The minimum Gasteiger partial charge on any atom is -0.478 e. The maximum absolute atomic E-state index is 5.45. The molecular weight excluding hydrogens is 226 g/mol. The predicted octanol–water partition coefficient (Wildman–Crippen LogP) is 3.03. The fraction of sp³-hybridized carbons (Fsp3) is 0.714. The quantitative estimate of drug-likeness (QED) is 0.891. The summed E-state index contributed by atoms with van der Waals surface area (Å²) in [5.41, 5.74) is 0.939.